The summed E-state index contributed by atoms with van der Waals surface area (Å²) in [5, 5.41) is 0. The van der Waals surface area contributed by atoms with E-state index in [1.54, 1.807) is 11.1 Å². The van der Waals surface area contributed by atoms with E-state index in [1.165, 1.54) is 269 Å². The first kappa shape index (κ1) is 98.3. The van der Waals surface area contributed by atoms with Crippen molar-refractivity contribution in [2.45, 2.75) is 362 Å². The lowest BCUT2D eigenvalue weighted by atomic mass is 9.70. The quantitative estimate of drug-likeness (QED) is 0.0416. The van der Waals surface area contributed by atoms with Crippen molar-refractivity contribution < 1.29 is 0 Å². The lowest BCUT2D eigenvalue weighted by Crippen LogP contribution is -2.25. The third-order valence-electron chi connectivity index (χ3n) is 28.9. The Morgan fingerprint density at radius 1 is 0.191 bits per heavy atom. The maximum absolute atomic E-state index is 2.57. The molecule has 0 radical (unpaired) electrons. The lowest BCUT2D eigenvalue weighted by Gasteiger charge is -2.34. The fourth-order valence-electron chi connectivity index (χ4n) is 21.4. The van der Waals surface area contributed by atoms with E-state index in [-0.39, 0.29) is 37.9 Å². The first-order valence-electron chi connectivity index (χ1n) is 50.0. The zero-order valence-corrected chi connectivity index (χ0v) is 87.2. The van der Waals surface area contributed by atoms with Gasteiger partial charge in [0.05, 0.1) is 34.1 Å². The summed E-state index contributed by atoms with van der Waals surface area (Å²) >= 11 is 0. The van der Waals surface area contributed by atoms with Crippen LogP contribution in [0.3, 0.4) is 0 Å². The van der Waals surface area contributed by atoms with Crippen LogP contribution in [0.2, 0.25) is 0 Å². The standard InChI is InChI=1S/C127H162N4/c1-83-47-65-111-112-66-48-84(2)70-114(112)127(113(111)69-83,67-43-39-35-33-37-41-45-97-49-53-105(54-50-97)128(115-85(3)71-99(72-86(115)4)121(15,16)17)107-57-61-109(62-58-107)130(117-89(7)75-101(76-90(117)8)123(21,22)23)118-91(9)77-102(78-92(118)10)124(24,25)26)68-44-40-36-34-38-42-46-98-51-55-106(56-52-98)129(116-87(5)73-100(74-88(116)6)122(18,19)20)108-59-63-110(64-60-108)131(119-93(11)79-103(80-94(119)12)125(27,28)29)120-95(13)81-104(82-96(120)14)126(30,31)32/h47-66,69-82H,33-46,67-68H2,1-32H3. The number of anilines is 12. The third-order valence-corrected chi connectivity index (χ3v) is 28.9. The maximum atomic E-state index is 2.57. The molecule has 131 heavy (non-hydrogen) atoms. The Morgan fingerprint density at radius 3 is 0.573 bits per heavy atom. The van der Waals surface area contributed by atoms with E-state index in [0.29, 0.717) is 0 Å². The minimum atomic E-state index is 0.0315. The van der Waals surface area contributed by atoms with Crippen LogP contribution >= 0.6 is 0 Å². The number of hydrogen-bond acceptors (Lipinski definition) is 4. The number of fused-ring (bicyclic) bond motifs is 3. The summed E-state index contributed by atoms with van der Waals surface area (Å²) in [7, 11) is 0. The van der Waals surface area contributed by atoms with Crippen LogP contribution in [0.25, 0.3) is 11.1 Å². The molecule has 4 heteroatoms. The third kappa shape index (κ3) is 21.9. The Bertz CT molecular complexity index is 5400. The van der Waals surface area contributed by atoms with Gasteiger partial charge in [-0.05, 0) is 374 Å². The molecule has 0 aliphatic heterocycles. The molecule has 0 atom stereocenters. The van der Waals surface area contributed by atoms with Crippen molar-refractivity contribution in [2.75, 3.05) is 19.6 Å². The van der Waals surface area contributed by atoms with E-state index in [9.17, 15) is 0 Å². The molecule has 0 heterocycles. The van der Waals surface area contributed by atoms with Crippen molar-refractivity contribution in [3.63, 3.8) is 0 Å². The van der Waals surface area contributed by atoms with Crippen molar-refractivity contribution >= 4 is 68.2 Å². The predicted octanol–water partition coefficient (Wildman–Crippen LogP) is 37.9. The average Bonchev–Trinajstić information content (AvgIpc) is 1.58. The molecule has 0 amide bonds. The van der Waals surface area contributed by atoms with E-state index < -0.39 is 0 Å². The van der Waals surface area contributed by atoms with Gasteiger partial charge in [-0.25, -0.2) is 0 Å². The van der Waals surface area contributed by atoms with Crippen LogP contribution in [0.15, 0.2) is 206 Å². The highest BCUT2D eigenvalue weighted by Crippen LogP contribution is 2.56. The summed E-state index contributed by atoms with van der Waals surface area (Å²) in [5.41, 5.74) is 50.1. The molecular weight excluding hydrogens is 1580 g/mol. The summed E-state index contributed by atoms with van der Waals surface area (Å²) in [6, 6.07) is 82.0. The van der Waals surface area contributed by atoms with Crippen LogP contribution < -0.4 is 19.6 Å². The molecule has 690 valence electrons. The predicted molar refractivity (Wildman–Crippen MR) is 575 cm³/mol. The molecule has 0 fully saturated rings. The molecule has 0 aromatic heterocycles. The fourth-order valence-corrected chi connectivity index (χ4v) is 21.4. The number of rotatable bonds is 30. The number of unbranched alkanes of at least 4 members (excludes halogenated alkanes) is 10. The van der Waals surface area contributed by atoms with E-state index in [2.05, 4.69) is 447 Å². The summed E-state index contributed by atoms with van der Waals surface area (Å²) < 4.78 is 0. The Kier molecular flexibility index (Phi) is 29.4. The molecule has 0 bridgehead atoms. The Hall–Kier alpha value is -10.2. The van der Waals surface area contributed by atoms with Gasteiger partial charge >= 0.3 is 0 Å². The van der Waals surface area contributed by atoms with Crippen molar-refractivity contribution in [1.29, 1.82) is 0 Å². The molecule has 12 aromatic rings. The summed E-state index contributed by atoms with van der Waals surface area (Å²) in [6.45, 7) is 74.2. The van der Waals surface area contributed by atoms with Gasteiger partial charge in [0.25, 0.3) is 0 Å². The summed E-state index contributed by atoms with van der Waals surface area (Å²) in [4.78, 5) is 10.2. The van der Waals surface area contributed by atoms with Gasteiger partial charge in [0, 0.05) is 39.5 Å². The van der Waals surface area contributed by atoms with E-state index in [4.69, 9.17) is 0 Å². The average molecular weight is 1740 g/mol. The van der Waals surface area contributed by atoms with Gasteiger partial charge in [0.1, 0.15) is 0 Å². The summed E-state index contributed by atoms with van der Waals surface area (Å²) in [6.07, 6.45) is 19.7. The van der Waals surface area contributed by atoms with Gasteiger partial charge in [0.15, 0.2) is 0 Å². The van der Waals surface area contributed by atoms with Gasteiger partial charge in [0.2, 0.25) is 0 Å². The molecule has 4 nitrogen and oxygen atoms in total. The number of nitrogens with zero attached hydrogens (tertiary/aromatic N) is 4. The monoisotopic (exact) mass is 1740 g/mol. The van der Waals surface area contributed by atoms with Crippen LogP contribution in [-0.2, 0) is 50.7 Å². The molecule has 13 rings (SSSR count). The number of benzene rings is 12. The van der Waals surface area contributed by atoms with Crippen LogP contribution in [0.5, 0.6) is 0 Å². The molecule has 0 N–H and O–H groups in total. The summed E-state index contributed by atoms with van der Waals surface area (Å²) in [5.74, 6) is 0. The van der Waals surface area contributed by atoms with Crippen LogP contribution in [0, 0.1) is 96.9 Å². The number of hydrogen-bond donors (Lipinski definition) is 0. The Morgan fingerprint density at radius 2 is 0.366 bits per heavy atom. The second kappa shape index (κ2) is 39.2. The normalized spacial score (nSPS) is 13.0. The molecule has 1 aliphatic carbocycles. The minimum Gasteiger partial charge on any atom is -0.310 e. The zero-order chi connectivity index (χ0) is 95.1. The van der Waals surface area contributed by atoms with E-state index in [0.717, 1.165) is 35.6 Å². The lowest BCUT2D eigenvalue weighted by molar-refractivity contribution is 0.397. The topological polar surface area (TPSA) is 13.0 Å². The maximum Gasteiger partial charge on any atom is 0.0520 e. The molecule has 0 saturated carbocycles. The van der Waals surface area contributed by atoms with Gasteiger partial charge in [-0.2, -0.15) is 0 Å². The highest BCUT2D eigenvalue weighted by atomic mass is 15.2. The molecule has 1 aliphatic rings. The van der Waals surface area contributed by atoms with Gasteiger partial charge in [-0.3, -0.25) is 0 Å². The Labute approximate surface area is 795 Å². The molecule has 0 spiro atoms. The zero-order valence-electron chi connectivity index (χ0n) is 87.2. The number of aryl methyl sites for hydroxylation is 16. The fraction of sp³-hybridized carbons (Fsp3) is 0.433. The van der Waals surface area contributed by atoms with Crippen LogP contribution in [-0.4, -0.2) is 0 Å². The highest BCUT2D eigenvalue weighted by Gasteiger charge is 2.43. The van der Waals surface area contributed by atoms with Gasteiger partial charge < -0.3 is 19.6 Å². The first-order chi connectivity index (χ1) is 61.5. The van der Waals surface area contributed by atoms with E-state index in [1.807, 2.05) is 0 Å². The molecular formula is C127H162N4. The van der Waals surface area contributed by atoms with Gasteiger partial charge in [-0.15, -0.1) is 0 Å². The minimum absolute atomic E-state index is 0.0315. The largest absolute Gasteiger partial charge is 0.310 e. The molecule has 12 aromatic carbocycles. The SMILES string of the molecule is Cc1ccc2c(c1)C(CCCCCCCCc1ccc(N(c3ccc(N(c4c(C)cc(C(C)(C)C)cc4C)c4c(C)cc(C(C)(C)C)cc4C)cc3)c3c(C)cc(C(C)(C)C)cc3C)cc1)(CCCCCCCCc1ccc(N(c3ccc(N(c4c(C)cc(C(C)(C)C)cc4C)c4c(C)cc(C(C)(C)C)cc4C)cc3)c3c(C)cc(C(C)(C)C)cc3C)cc1)c1cc(C)ccc1-2. The van der Waals surface area contributed by atoms with E-state index >= 15 is 0 Å². The van der Waals surface area contributed by atoms with Crippen LogP contribution in [0.1, 0.15) is 348 Å². The van der Waals surface area contributed by atoms with Gasteiger partial charge in [-0.1, -0.05) is 333 Å². The second-order valence-electron chi connectivity index (χ2n) is 46.4. The van der Waals surface area contributed by atoms with Crippen molar-refractivity contribution in [3.8, 4) is 11.1 Å². The molecule has 0 unspecified atom stereocenters. The van der Waals surface area contributed by atoms with Crippen molar-refractivity contribution in [1.82, 2.24) is 0 Å². The van der Waals surface area contributed by atoms with Crippen LogP contribution in [0.4, 0.5) is 68.2 Å². The highest BCUT2D eigenvalue weighted by molar-refractivity contribution is 5.90. The smallest absolute Gasteiger partial charge is 0.0520 e. The molecule has 0 saturated heterocycles. The Balaban J connectivity index is 0.654. The van der Waals surface area contributed by atoms with Crippen molar-refractivity contribution in [2.24, 2.45) is 0 Å². The second-order valence-corrected chi connectivity index (χ2v) is 46.4. The first-order valence-corrected chi connectivity index (χ1v) is 50.0. The van der Waals surface area contributed by atoms with Crippen molar-refractivity contribution in [3.05, 3.63) is 340 Å².